The lowest BCUT2D eigenvalue weighted by atomic mass is 9.79. The first-order valence-corrected chi connectivity index (χ1v) is 13.9. The van der Waals surface area contributed by atoms with Gasteiger partial charge in [-0.05, 0) is 38.5 Å². The Morgan fingerprint density at radius 1 is 1.25 bits per heavy atom. The summed E-state index contributed by atoms with van der Waals surface area (Å²) < 4.78 is 34.5. The van der Waals surface area contributed by atoms with Crippen LogP contribution < -0.4 is 11.1 Å². The van der Waals surface area contributed by atoms with Gasteiger partial charge in [0.25, 0.3) is 5.92 Å². The average molecular weight is 528 g/mol. The van der Waals surface area contributed by atoms with Crippen molar-refractivity contribution in [3.05, 3.63) is 11.1 Å². The van der Waals surface area contributed by atoms with Crippen LogP contribution in [0.1, 0.15) is 70.2 Å². The van der Waals surface area contributed by atoms with Crippen LogP contribution in [0.15, 0.2) is 6.20 Å². The van der Waals surface area contributed by atoms with Gasteiger partial charge >= 0.3 is 0 Å². The zero-order chi connectivity index (χ0) is 26.0. The zero-order valence-electron chi connectivity index (χ0n) is 21.4. The van der Waals surface area contributed by atoms with Crippen molar-refractivity contribution >= 4 is 28.3 Å². The molecule has 1 aliphatic carbocycles. The molecule has 0 aromatic carbocycles. The fourth-order valence-corrected chi connectivity index (χ4v) is 6.62. The van der Waals surface area contributed by atoms with Gasteiger partial charge in [0, 0.05) is 38.7 Å². The zero-order valence-corrected chi connectivity index (χ0v) is 22.2. The second-order valence-electron chi connectivity index (χ2n) is 11.0. The Kier molecular flexibility index (Phi) is 8.63. The Balaban J connectivity index is 1.49. The number of morpholine rings is 1. The molecule has 1 aromatic heterocycles. The molecule has 3 N–H and O–H groups in total. The number of thiazole rings is 1. The topological polar surface area (TPSA) is 101 Å². The van der Waals surface area contributed by atoms with Crippen molar-refractivity contribution in [2.45, 2.75) is 89.5 Å². The Labute approximate surface area is 215 Å². The Morgan fingerprint density at radius 2 is 1.92 bits per heavy atom. The molecule has 4 atom stereocenters. The highest BCUT2D eigenvalue weighted by atomic mass is 32.1. The minimum Gasteiger partial charge on any atom is -0.373 e. The van der Waals surface area contributed by atoms with Crippen molar-refractivity contribution in [1.82, 2.24) is 14.8 Å². The van der Waals surface area contributed by atoms with Crippen LogP contribution in [0.25, 0.3) is 0 Å². The van der Waals surface area contributed by atoms with Crippen LogP contribution in [0.5, 0.6) is 0 Å². The number of nitrogens with zero attached hydrogens (tertiary/aromatic N) is 3. The van der Waals surface area contributed by atoms with Gasteiger partial charge in [-0.15, -0.1) is 0 Å². The molecule has 1 saturated carbocycles. The SMILES string of the molecule is CC1CCC([C@H](N)C(=O)Nc2ncc(C(CN3C[C@@H](C)O[C@H](C)C3)N3CC(F)(F)CCC3=O)s2)CC1. The van der Waals surface area contributed by atoms with E-state index in [1.807, 2.05) is 13.8 Å². The van der Waals surface area contributed by atoms with Crippen LogP contribution in [-0.2, 0) is 14.3 Å². The summed E-state index contributed by atoms with van der Waals surface area (Å²) in [5.74, 6) is -2.68. The number of hydrogen-bond acceptors (Lipinski definition) is 7. The summed E-state index contributed by atoms with van der Waals surface area (Å²) in [6.07, 6.45) is 5.00. The highest BCUT2D eigenvalue weighted by Gasteiger charge is 2.43. The normalized spacial score (nSPS) is 31.2. The van der Waals surface area contributed by atoms with E-state index in [1.54, 1.807) is 6.20 Å². The summed E-state index contributed by atoms with van der Waals surface area (Å²) >= 11 is 1.22. The number of hydrogen-bond donors (Lipinski definition) is 2. The van der Waals surface area contributed by atoms with E-state index in [1.165, 1.54) is 16.2 Å². The van der Waals surface area contributed by atoms with Crippen molar-refractivity contribution in [3.8, 4) is 0 Å². The molecule has 3 heterocycles. The van der Waals surface area contributed by atoms with Crippen LogP contribution in [0, 0.1) is 11.8 Å². The van der Waals surface area contributed by atoms with Gasteiger partial charge in [0.15, 0.2) is 5.13 Å². The molecular weight excluding hydrogens is 488 g/mol. The van der Waals surface area contributed by atoms with E-state index in [4.69, 9.17) is 10.5 Å². The molecule has 2 amide bonds. The first-order valence-electron chi connectivity index (χ1n) is 13.1. The number of aromatic nitrogens is 1. The Morgan fingerprint density at radius 3 is 2.58 bits per heavy atom. The lowest BCUT2D eigenvalue weighted by molar-refractivity contribution is -0.153. The highest BCUT2D eigenvalue weighted by Crippen LogP contribution is 2.37. The maximum absolute atomic E-state index is 14.4. The quantitative estimate of drug-likeness (QED) is 0.562. The summed E-state index contributed by atoms with van der Waals surface area (Å²) in [7, 11) is 0. The predicted molar refractivity (Wildman–Crippen MR) is 135 cm³/mol. The number of nitrogens with one attached hydrogen (secondary N) is 1. The van der Waals surface area contributed by atoms with Crippen LogP contribution in [0.3, 0.4) is 0 Å². The van der Waals surface area contributed by atoms with Crippen LogP contribution >= 0.6 is 11.3 Å². The summed E-state index contributed by atoms with van der Waals surface area (Å²) in [6, 6.07) is -1.20. The van der Waals surface area contributed by atoms with Gasteiger partial charge in [-0.2, -0.15) is 0 Å². The lowest BCUT2D eigenvalue weighted by Gasteiger charge is -2.42. The molecule has 3 fully saturated rings. The van der Waals surface area contributed by atoms with E-state index in [0.29, 0.717) is 35.6 Å². The molecule has 1 aromatic rings. The van der Waals surface area contributed by atoms with Gasteiger partial charge in [-0.3, -0.25) is 14.5 Å². The molecule has 8 nitrogen and oxygen atoms in total. The third-order valence-electron chi connectivity index (χ3n) is 7.68. The highest BCUT2D eigenvalue weighted by molar-refractivity contribution is 7.15. The predicted octanol–water partition coefficient (Wildman–Crippen LogP) is 3.64. The number of nitrogens with two attached hydrogens (primary N) is 1. The third kappa shape index (κ3) is 6.79. The molecule has 202 valence electrons. The van der Waals surface area contributed by atoms with E-state index >= 15 is 0 Å². The van der Waals surface area contributed by atoms with Gasteiger partial charge in [0.1, 0.15) is 0 Å². The second kappa shape index (κ2) is 11.4. The van der Waals surface area contributed by atoms with E-state index in [-0.39, 0.29) is 36.4 Å². The number of rotatable bonds is 7. The number of ether oxygens (including phenoxy) is 1. The van der Waals surface area contributed by atoms with Gasteiger partial charge in [-0.25, -0.2) is 13.8 Å². The first-order chi connectivity index (χ1) is 17.0. The molecule has 11 heteroatoms. The van der Waals surface area contributed by atoms with E-state index in [9.17, 15) is 18.4 Å². The molecule has 0 bridgehead atoms. The molecule has 0 radical (unpaired) electrons. The number of alkyl halides is 2. The number of carbonyl (C=O) groups excluding carboxylic acids is 2. The fourth-order valence-electron chi connectivity index (χ4n) is 5.70. The van der Waals surface area contributed by atoms with Gasteiger partial charge in [-0.1, -0.05) is 31.1 Å². The van der Waals surface area contributed by atoms with Crippen molar-refractivity contribution in [1.29, 1.82) is 0 Å². The van der Waals surface area contributed by atoms with Crippen molar-refractivity contribution in [2.75, 3.05) is 31.5 Å². The van der Waals surface area contributed by atoms with E-state index in [2.05, 4.69) is 22.1 Å². The summed E-state index contributed by atoms with van der Waals surface area (Å²) in [5.41, 5.74) is 6.28. The van der Waals surface area contributed by atoms with E-state index in [0.717, 1.165) is 25.7 Å². The summed E-state index contributed by atoms with van der Waals surface area (Å²) in [4.78, 5) is 34.1. The molecule has 36 heavy (non-hydrogen) atoms. The van der Waals surface area contributed by atoms with Crippen LogP contribution in [0.2, 0.25) is 0 Å². The van der Waals surface area contributed by atoms with Crippen molar-refractivity contribution in [3.63, 3.8) is 0 Å². The maximum atomic E-state index is 14.4. The number of anilines is 1. The van der Waals surface area contributed by atoms with Gasteiger partial charge < -0.3 is 20.7 Å². The molecule has 1 unspecified atom stereocenters. The monoisotopic (exact) mass is 527 g/mol. The largest absolute Gasteiger partial charge is 0.373 e. The van der Waals surface area contributed by atoms with E-state index < -0.39 is 31.0 Å². The van der Waals surface area contributed by atoms with Crippen LogP contribution in [0.4, 0.5) is 13.9 Å². The van der Waals surface area contributed by atoms with Gasteiger partial charge in [0.2, 0.25) is 11.8 Å². The maximum Gasteiger partial charge on any atom is 0.265 e. The van der Waals surface area contributed by atoms with Crippen LogP contribution in [-0.4, -0.2) is 76.9 Å². The summed E-state index contributed by atoms with van der Waals surface area (Å²) in [5, 5.41) is 3.21. The van der Waals surface area contributed by atoms with Gasteiger partial charge in [0.05, 0.1) is 35.7 Å². The number of amides is 2. The molecule has 3 aliphatic rings. The smallest absolute Gasteiger partial charge is 0.265 e. The molecule has 0 spiro atoms. The Bertz CT molecular complexity index is 913. The minimum atomic E-state index is -2.93. The lowest BCUT2D eigenvalue weighted by Crippen LogP contribution is -2.53. The molecule has 2 aliphatic heterocycles. The van der Waals surface area contributed by atoms with Crippen molar-refractivity contribution in [2.24, 2.45) is 17.6 Å². The molecule has 2 saturated heterocycles. The second-order valence-corrected chi connectivity index (χ2v) is 12.0. The molecule has 4 rings (SSSR count). The average Bonchev–Trinajstić information content (AvgIpc) is 3.26. The number of halogens is 2. The standard InChI is InChI=1S/C25H39F2N5O3S/c1-15-4-6-18(7-5-15)22(28)23(34)30-24-29-10-20(36-24)19(13-31-11-16(2)35-17(3)12-31)32-14-25(26,27)9-8-21(32)33/h10,15-19,22H,4-9,11-14,28H2,1-3H3,(H,29,30,34)/t15?,16-,17-,18?,19?,22+/m1/s1. The fraction of sp³-hybridized carbons (Fsp3) is 0.800. The Hall–Kier alpha value is -1.69. The number of piperidine rings is 1. The first kappa shape index (κ1) is 27.3. The summed E-state index contributed by atoms with van der Waals surface area (Å²) in [6.45, 7) is 7.26. The number of carbonyl (C=O) groups is 2. The molecular formula is C25H39F2N5O3S. The number of likely N-dealkylation sites (tertiary alicyclic amines) is 1. The minimum absolute atomic E-state index is 0.00784. The third-order valence-corrected chi connectivity index (χ3v) is 8.70. The van der Waals surface area contributed by atoms with Crippen molar-refractivity contribution < 1.29 is 23.1 Å².